The minimum Gasteiger partial charge on any atom is -0.465 e. The van der Waals surface area contributed by atoms with Gasteiger partial charge in [0.05, 0.1) is 18.9 Å². The standard InChI is InChI=1S/C19H26N2O4/c1-24-19(23)16-11-9-15(10-12-16)13-20-25-14-18(22)21-17-7-5-3-2-4-6-8-17/h9-13,17H,2-8,14H2,1H3,(H,21,22)/b20-13-. The highest BCUT2D eigenvalue weighted by Crippen LogP contribution is 2.16. The number of rotatable bonds is 6. The summed E-state index contributed by atoms with van der Waals surface area (Å²) in [5, 5.41) is 6.82. The second-order valence-electron chi connectivity index (χ2n) is 6.23. The van der Waals surface area contributed by atoms with E-state index >= 15 is 0 Å². The van der Waals surface area contributed by atoms with Crippen LogP contribution in [0.25, 0.3) is 0 Å². The third-order valence-electron chi connectivity index (χ3n) is 4.27. The number of carbonyl (C=O) groups excluding carboxylic acids is 2. The molecule has 1 fully saturated rings. The number of hydrogen-bond acceptors (Lipinski definition) is 5. The van der Waals surface area contributed by atoms with Gasteiger partial charge in [-0.2, -0.15) is 0 Å². The van der Waals surface area contributed by atoms with Gasteiger partial charge in [-0.05, 0) is 30.5 Å². The summed E-state index contributed by atoms with van der Waals surface area (Å²) in [4.78, 5) is 28.3. The van der Waals surface area contributed by atoms with Crippen molar-refractivity contribution in [2.75, 3.05) is 13.7 Å². The normalized spacial score (nSPS) is 16.0. The summed E-state index contributed by atoms with van der Waals surface area (Å²) in [5.41, 5.74) is 1.24. The first-order valence-corrected chi connectivity index (χ1v) is 8.82. The van der Waals surface area contributed by atoms with Gasteiger partial charge in [0.1, 0.15) is 0 Å². The van der Waals surface area contributed by atoms with Crippen LogP contribution in [0.2, 0.25) is 0 Å². The van der Waals surface area contributed by atoms with Crippen molar-refractivity contribution in [1.82, 2.24) is 5.32 Å². The number of nitrogens with zero attached hydrogens (tertiary/aromatic N) is 1. The number of esters is 1. The number of benzene rings is 1. The second kappa shape index (κ2) is 10.5. The van der Waals surface area contributed by atoms with Gasteiger partial charge in [-0.15, -0.1) is 0 Å². The van der Waals surface area contributed by atoms with Crippen LogP contribution in [0.1, 0.15) is 60.9 Å². The van der Waals surface area contributed by atoms with Gasteiger partial charge in [0.2, 0.25) is 0 Å². The van der Waals surface area contributed by atoms with Gasteiger partial charge in [0, 0.05) is 6.04 Å². The van der Waals surface area contributed by atoms with Gasteiger partial charge in [-0.25, -0.2) is 4.79 Å². The first kappa shape index (κ1) is 19.0. The molecule has 1 aromatic carbocycles. The maximum Gasteiger partial charge on any atom is 0.337 e. The molecule has 0 saturated heterocycles. The zero-order valence-electron chi connectivity index (χ0n) is 14.7. The second-order valence-corrected chi connectivity index (χ2v) is 6.23. The number of hydrogen-bond donors (Lipinski definition) is 1. The van der Waals surface area contributed by atoms with Crippen molar-refractivity contribution in [2.45, 2.75) is 51.0 Å². The molecule has 1 aliphatic carbocycles. The highest BCUT2D eigenvalue weighted by atomic mass is 16.6. The number of oxime groups is 1. The first-order chi connectivity index (χ1) is 12.2. The molecule has 0 bridgehead atoms. The van der Waals surface area contributed by atoms with Crippen LogP contribution in [-0.4, -0.2) is 37.8 Å². The molecule has 136 valence electrons. The van der Waals surface area contributed by atoms with Crippen LogP contribution >= 0.6 is 0 Å². The van der Waals surface area contributed by atoms with E-state index in [1.54, 1.807) is 24.3 Å². The average Bonchev–Trinajstić information content (AvgIpc) is 2.61. The van der Waals surface area contributed by atoms with Crippen LogP contribution in [-0.2, 0) is 14.4 Å². The summed E-state index contributed by atoms with van der Waals surface area (Å²) in [5.74, 6) is -0.519. The monoisotopic (exact) mass is 346 g/mol. The Balaban J connectivity index is 1.70. The number of nitrogens with one attached hydrogen (secondary N) is 1. The molecule has 0 atom stereocenters. The summed E-state index contributed by atoms with van der Waals surface area (Å²) in [6, 6.07) is 7.01. The lowest BCUT2D eigenvalue weighted by Crippen LogP contribution is -2.37. The summed E-state index contributed by atoms with van der Waals surface area (Å²) in [6.45, 7) is -0.0900. The van der Waals surface area contributed by atoms with E-state index in [0.717, 1.165) is 18.4 Å². The fraction of sp³-hybridized carbons (Fsp3) is 0.526. The zero-order valence-corrected chi connectivity index (χ0v) is 14.7. The molecule has 1 N–H and O–H groups in total. The minimum atomic E-state index is -0.384. The van der Waals surface area contributed by atoms with Crippen molar-refractivity contribution in [3.63, 3.8) is 0 Å². The van der Waals surface area contributed by atoms with Crippen LogP contribution < -0.4 is 5.32 Å². The lowest BCUT2D eigenvalue weighted by molar-refractivity contribution is -0.126. The quantitative estimate of drug-likeness (QED) is 0.488. The van der Waals surface area contributed by atoms with Crippen LogP contribution in [0.5, 0.6) is 0 Å². The molecule has 0 unspecified atom stereocenters. The van der Waals surface area contributed by atoms with Crippen molar-refractivity contribution < 1.29 is 19.2 Å². The van der Waals surface area contributed by atoms with Gasteiger partial charge in [0.25, 0.3) is 5.91 Å². The van der Waals surface area contributed by atoms with Gasteiger partial charge in [-0.3, -0.25) is 4.79 Å². The molecule has 25 heavy (non-hydrogen) atoms. The Bertz CT molecular complexity index is 576. The van der Waals surface area contributed by atoms with E-state index in [1.165, 1.54) is 45.4 Å². The molecule has 1 saturated carbocycles. The van der Waals surface area contributed by atoms with Crippen molar-refractivity contribution in [1.29, 1.82) is 0 Å². The number of ether oxygens (including phenoxy) is 1. The molecule has 6 nitrogen and oxygen atoms in total. The van der Waals surface area contributed by atoms with Crippen LogP contribution in [0.3, 0.4) is 0 Å². The van der Waals surface area contributed by atoms with Gasteiger partial charge in [0.15, 0.2) is 6.61 Å². The van der Waals surface area contributed by atoms with Crippen molar-refractivity contribution in [3.05, 3.63) is 35.4 Å². The Labute approximate surface area is 148 Å². The highest BCUT2D eigenvalue weighted by molar-refractivity contribution is 5.90. The average molecular weight is 346 g/mol. The third-order valence-corrected chi connectivity index (χ3v) is 4.27. The number of carbonyl (C=O) groups is 2. The van der Waals surface area contributed by atoms with Crippen LogP contribution in [0, 0.1) is 0 Å². The summed E-state index contributed by atoms with van der Waals surface area (Å²) in [7, 11) is 1.34. The first-order valence-electron chi connectivity index (χ1n) is 8.82. The predicted molar refractivity (Wildman–Crippen MR) is 95.6 cm³/mol. The molecule has 1 aromatic rings. The molecule has 1 aliphatic rings. The lowest BCUT2D eigenvalue weighted by atomic mass is 9.97. The number of methoxy groups -OCH3 is 1. The van der Waals surface area contributed by atoms with E-state index in [2.05, 4.69) is 15.2 Å². The lowest BCUT2D eigenvalue weighted by Gasteiger charge is -2.20. The maximum absolute atomic E-state index is 11.9. The highest BCUT2D eigenvalue weighted by Gasteiger charge is 2.14. The molecule has 0 spiro atoms. The summed E-state index contributed by atoms with van der Waals surface area (Å²) >= 11 is 0. The molecule has 0 heterocycles. The topological polar surface area (TPSA) is 77.0 Å². The molecular weight excluding hydrogens is 320 g/mol. The van der Waals surface area contributed by atoms with E-state index in [1.807, 2.05) is 0 Å². The zero-order chi connectivity index (χ0) is 17.9. The predicted octanol–water partition coefficient (Wildman–Crippen LogP) is 3.05. The summed E-state index contributed by atoms with van der Waals surface area (Å²) < 4.78 is 4.64. The molecular formula is C19H26N2O4. The van der Waals surface area contributed by atoms with Gasteiger partial charge in [-0.1, -0.05) is 49.4 Å². The molecule has 0 aliphatic heterocycles. The largest absolute Gasteiger partial charge is 0.465 e. The molecule has 0 aromatic heterocycles. The molecule has 0 radical (unpaired) electrons. The van der Waals surface area contributed by atoms with E-state index in [9.17, 15) is 9.59 Å². The third kappa shape index (κ3) is 6.95. The molecule has 6 heteroatoms. The van der Waals surface area contributed by atoms with Gasteiger partial charge < -0.3 is 14.9 Å². The fourth-order valence-electron chi connectivity index (χ4n) is 2.89. The van der Waals surface area contributed by atoms with Crippen molar-refractivity contribution in [3.8, 4) is 0 Å². The van der Waals surface area contributed by atoms with E-state index in [4.69, 9.17) is 4.84 Å². The fourth-order valence-corrected chi connectivity index (χ4v) is 2.89. The van der Waals surface area contributed by atoms with Crippen molar-refractivity contribution in [2.24, 2.45) is 5.16 Å². The van der Waals surface area contributed by atoms with Crippen molar-refractivity contribution >= 4 is 18.1 Å². The number of amides is 1. The van der Waals surface area contributed by atoms with Gasteiger partial charge >= 0.3 is 5.97 Å². The van der Waals surface area contributed by atoms with E-state index < -0.39 is 0 Å². The Morgan fingerprint density at radius 2 is 1.76 bits per heavy atom. The van der Waals surface area contributed by atoms with Crippen LogP contribution in [0.4, 0.5) is 0 Å². The SMILES string of the molecule is COC(=O)c1ccc(/C=N\OCC(=O)NC2CCCCCCC2)cc1. The smallest absolute Gasteiger partial charge is 0.337 e. The Morgan fingerprint density at radius 1 is 1.12 bits per heavy atom. The maximum atomic E-state index is 11.9. The van der Waals surface area contributed by atoms with E-state index in [0.29, 0.717) is 5.56 Å². The Hall–Kier alpha value is -2.37. The Morgan fingerprint density at radius 3 is 2.40 bits per heavy atom. The Kier molecular flexibility index (Phi) is 7.95. The molecule has 2 rings (SSSR count). The van der Waals surface area contributed by atoms with E-state index in [-0.39, 0.29) is 24.5 Å². The van der Waals surface area contributed by atoms with Crippen LogP contribution in [0.15, 0.2) is 29.4 Å². The molecule has 1 amide bonds. The minimum absolute atomic E-state index is 0.0900. The summed E-state index contributed by atoms with van der Waals surface area (Å²) in [6.07, 6.45) is 9.74.